The van der Waals surface area contributed by atoms with E-state index in [0.29, 0.717) is 0 Å². The molecule has 2 N–H and O–H groups in total. The minimum absolute atomic E-state index is 0.802. The van der Waals surface area contributed by atoms with Gasteiger partial charge in [-0.1, -0.05) is 0 Å². The molecule has 8 nitrogen and oxygen atoms in total. The highest BCUT2D eigenvalue weighted by Crippen LogP contribution is 1.96. The minimum atomic E-state index is 0.802. The predicted octanol–water partition coefficient (Wildman–Crippen LogP) is -0.0897. The summed E-state index contributed by atoms with van der Waals surface area (Å²) in [7, 11) is 3.75. The molecule has 0 atom stereocenters. The molecule has 2 rings (SSSR count). The summed E-state index contributed by atoms with van der Waals surface area (Å²) >= 11 is 0. The third-order valence-corrected chi connectivity index (χ3v) is 3.10. The molecular formula is C13H24N8. The maximum absolute atomic E-state index is 4.44. The fraction of sp³-hybridized carbons (Fsp3) is 0.692. The lowest BCUT2D eigenvalue weighted by molar-refractivity contribution is 0.497. The number of aliphatic imine (C=N–C) groups is 2. The third-order valence-electron chi connectivity index (χ3n) is 3.10. The van der Waals surface area contributed by atoms with E-state index in [4.69, 9.17) is 0 Å². The molecular weight excluding hydrogens is 268 g/mol. The molecule has 0 aromatic heterocycles. The van der Waals surface area contributed by atoms with Gasteiger partial charge in [0.15, 0.2) is 0 Å². The second-order valence-electron chi connectivity index (χ2n) is 5.00. The summed E-state index contributed by atoms with van der Waals surface area (Å²) in [4.78, 5) is 8.77. The lowest BCUT2D eigenvalue weighted by Crippen LogP contribution is -2.40. The molecule has 0 aromatic carbocycles. The Balaban J connectivity index is 1.91. The van der Waals surface area contributed by atoms with Gasteiger partial charge in [-0.25, -0.2) is 10.0 Å². The highest BCUT2D eigenvalue weighted by atomic mass is 15.5. The number of rotatable bonds is 3. The Labute approximate surface area is 125 Å². The number of hydrogen-bond donors (Lipinski definition) is 2. The average Bonchev–Trinajstić information content (AvgIpc) is 2.54. The lowest BCUT2D eigenvalue weighted by atomic mass is 10.4. The van der Waals surface area contributed by atoms with Crippen LogP contribution in [0.3, 0.4) is 0 Å². The van der Waals surface area contributed by atoms with Crippen LogP contribution in [0.4, 0.5) is 0 Å². The van der Waals surface area contributed by atoms with E-state index in [2.05, 4.69) is 30.8 Å². The van der Waals surface area contributed by atoms with Crippen molar-refractivity contribution in [2.24, 2.45) is 20.2 Å². The highest BCUT2D eigenvalue weighted by Gasteiger charge is 2.09. The van der Waals surface area contributed by atoms with E-state index in [1.165, 1.54) is 0 Å². The lowest BCUT2D eigenvalue weighted by Gasteiger charge is -2.21. The van der Waals surface area contributed by atoms with Crippen LogP contribution in [0.15, 0.2) is 20.2 Å². The van der Waals surface area contributed by atoms with Gasteiger partial charge >= 0.3 is 0 Å². The molecule has 0 saturated heterocycles. The van der Waals surface area contributed by atoms with E-state index in [-0.39, 0.29) is 0 Å². The standard InChI is InChI=1S/C13H24N8/c1-11(19-21(3)13-16-8-5-9-17-13)10-18-20(2)12-14-6-4-7-15-12/h10H,4-9H2,1-3H3,(H,14,15)(H,16,17)/b18-10+,19-11-. The molecule has 0 aliphatic carbocycles. The van der Waals surface area contributed by atoms with Gasteiger partial charge in [0.2, 0.25) is 11.9 Å². The summed E-state index contributed by atoms with van der Waals surface area (Å²) in [6.07, 6.45) is 3.86. The molecule has 0 amide bonds. The molecule has 21 heavy (non-hydrogen) atoms. The first-order valence-electron chi connectivity index (χ1n) is 7.30. The van der Waals surface area contributed by atoms with Crippen LogP contribution in [0, 0.1) is 0 Å². The Morgan fingerprint density at radius 1 is 1.05 bits per heavy atom. The predicted molar refractivity (Wildman–Crippen MR) is 87.0 cm³/mol. The van der Waals surface area contributed by atoms with E-state index in [1.807, 2.05) is 21.0 Å². The third kappa shape index (κ3) is 4.73. The van der Waals surface area contributed by atoms with Crippen LogP contribution in [0.5, 0.6) is 0 Å². The monoisotopic (exact) mass is 292 g/mol. The average molecular weight is 292 g/mol. The van der Waals surface area contributed by atoms with Crippen molar-refractivity contribution in [2.45, 2.75) is 19.8 Å². The number of hydrogen-bond acceptors (Lipinski definition) is 8. The number of guanidine groups is 2. The van der Waals surface area contributed by atoms with Gasteiger partial charge in [-0.05, 0) is 19.8 Å². The summed E-state index contributed by atoms with van der Waals surface area (Å²) in [6, 6.07) is 0. The zero-order chi connectivity index (χ0) is 15.1. The van der Waals surface area contributed by atoms with Gasteiger partial charge in [-0.15, -0.1) is 0 Å². The van der Waals surface area contributed by atoms with E-state index in [9.17, 15) is 0 Å². The molecule has 0 bridgehead atoms. The van der Waals surface area contributed by atoms with E-state index >= 15 is 0 Å². The van der Waals surface area contributed by atoms with E-state index in [1.54, 1.807) is 16.2 Å². The first-order chi connectivity index (χ1) is 10.2. The number of nitrogens with zero attached hydrogens (tertiary/aromatic N) is 6. The van der Waals surface area contributed by atoms with Crippen molar-refractivity contribution in [1.82, 2.24) is 20.7 Å². The Hall–Kier alpha value is -2.12. The van der Waals surface area contributed by atoms with Gasteiger partial charge in [-0.3, -0.25) is 9.98 Å². The number of hydrazone groups is 2. The van der Waals surface area contributed by atoms with Crippen molar-refractivity contribution in [2.75, 3.05) is 40.3 Å². The fourth-order valence-electron chi connectivity index (χ4n) is 2.01. The molecule has 0 radical (unpaired) electrons. The van der Waals surface area contributed by atoms with Crippen LogP contribution in [0.1, 0.15) is 19.8 Å². The first-order valence-corrected chi connectivity index (χ1v) is 7.30. The maximum Gasteiger partial charge on any atom is 0.214 e. The summed E-state index contributed by atoms with van der Waals surface area (Å²) in [5.41, 5.74) is 0.802. The van der Waals surface area contributed by atoms with Gasteiger partial charge in [0.1, 0.15) is 0 Å². The molecule has 0 fully saturated rings. The van der Waals surface area contributed by atoms with Crippen LogP contribution in [-0.4, -0.2) is 74.1 Å². The Bertz CT molecular complexity index is 465. The molecule has 8 heteroatoms. The van der Waals surface area contributed by atoms with Crippen molar-refractivity contribution in [3.05, 3.63) is 0 Å². The quantitative estimate of drug-likeness (QED) is 0.563. The zero-order valence-electron chi connectivity index (χ0n) is 13.0. The largest absolute Gasteiger partial charge is 0.355 e. The van der Waals surface area contributed by atoms with Gasteiger partial charge in [0.05, 0.1) is 11.9 Å². The molecule has 0 spiro atoms. The summed E-state index contributed by atoms with van der Waals surface area (Å²) in [5.74, 6) is 1.61. The molecule has 0 unspecified atom stereocenters. The van der Waals surface area contributed by atoms with Crippen molar-refractivity contribution in [3.8, 4) is 0 Å². The smallest absolute Gasteiger partial charge is 0.214 e. The fourth-order valence-corrected chi connectivity index (χ4v) is 2.01. The minimum Gasteiger partial charge on any atom is -0.355 e. The van der Waals surface area contributed by atoms with Gasteiger partial charge in [-0.2, -0.15) is 10.2 Å². The zero-order valence-corrected chi connectivity index (χ0v) is 13.0. The first kappa shape index (κ1) is 15.3. The van der Waals surface area contributed by atoms with Gasteiger partial charge in [0.25, 0.3) is 0 Å². The van der Waals surface area contributed by atoms with Crippen LogP contribution in [0.2, 0.25) is 0 Å². The molecule has 2 aliphatic heterocycles. The van der Waals surface area contributed by atoms with E-state index < -0.39 is 0 Å². The maximum atomic E-state index is 4.44. The van der Waals surface area contributed by atoms with Crippen LogP contribution >= 0.6 is 0 Å². The van der Waals surface area contributed by atoms with Gasteiger partial charge < -0.3 is 10.6 Å². The Kier molecular flexibility index (Phi) is 5.53. The molecule has 0 saturated carbocycles. The summed E-state index contributed by atoms with van der Waals surface area (Å²) in [5, 5.41) is 18.7. The van der Waals surface area contributed by atoms with Gasteiger partial charge in [0, 0.05) is 40.3 Å². The van der Waals surface area contributed by atoms with Crippen molar-refractivity contribution in [1.29, 1.82) is 0 Å². The number of nitrogens with one attached hydrogen (secondary N) is 2. The molecule has 0 aromatic rings. The van der Waals surface area contributed by atoms with Crippen LogP contribution in [-0.2, 0) is 0 Å². The van der Waals surface area contributed by atoms with Crippen molar-refractivity contribution >= 4 is 23.8 Å². The SMILES string of the molecule is CC(/C=N/N(C)C1=NCCCN1)=N/N(C)C1=NCCCN1. The van der Waals surface area contributed by atoms with E-state index in [0.717, 1.165) is 56.7 Å². The molecule has 2 aliphatic rings. The van der Waals surface area contributed by atoms with Crippen molar-refractivity contribution in [3.63, 3.8) is 0 Å². The Morgan fingerprint density at radius 2 is 1.62 bits per heavy atom. The highest BCUT2D eigenvalue weighted by molar-refractivity contribution is 6.29. The van der Waals surface area contributed by atoms with Crippen molar-refractivity contribution < 1.29 is 0 Å². The van der Waals surface area contributed by atoms with Crippen LogP contribution in [0.25, 0.3) is 0 Å². The summed E-state index contributed by atoms with van der Waals surface area (Å²) < 4.78 is 0. The summed E-state index contributed by atoms with van der Waals surface area (Å²) in [6.45, 7) is 5.50. The Morgan fingerprint density at radius 3 is 2.14 bits per heavy atom. The second kappa shape index (κ2) is 7.61. The second-order valence-corrected chi connectivity index (χ2v) is 5.00. The topological polar surface area (TPSA) is 80.0 Å². The normalized spacial score (nSPS) is 19.5. The van der Waals surface area contributed by atoms with Crippen LogP contribution < -0.4 is 10.6 Å². The molecule has 116 valence electrons. The molecule has 2 heterocycles.